The van der Waals surface area contributed by atoms with Gasteiger partial charge >= 0.3 is 0 Å². The van der Waals surface area contributed by atoms with E-state index in [1.165, 1.54) is 0 Å². The summed E-state index contributed by atoms with van der Waals surface area (Å²) in [5.74, 6) is 0.360. The zero-order valence-electron chi connectivity index (χ0n) is 11.9. The van der Waals surface area contributed by atoms with Crippen molar-refractivity contribution in [1.29, 1.82) is 5.26 Å². The summed E-state index contributed by atoms with van der Waals surface area (Å²) in [6, 6.07) is 2.21. The summed E-state index contributed by atoms with van der Waals surface area (Å²) in [6.45, 7) is 10.0. The van der Waals surface area contributed by atoms with Gasteiger partial charge in [0.2, 0.25) is 0 Å². The molecule has 0 saturated carbocycles. The molecule has 4 nitrogen and oxygen atoms in total. The largest absolute Gasteiger partial charge is 0.470 e. The van der Waals surface area contributed by atoms with Crippen molar-refractivity contribution in [3.05, 3.63) is 16.8 Å². The van der Waals surface area contributed by atoms with Crippen molar-refractivity contribution in [3.8, 4) is 11.9 Å². The lowest BCUT2D eigenvalue weighted by Crippen LogP contribution is -2.28. The van der Waals surface area contributed by atoms with Crippen LogP contribution in [-0.2, 0) is 12.8 Å². The lowest BCUT2D eigenvalue weighted by atomic mass is 10.0. The van der Waals surface area contributed by atoms with E-state index in [1.54, 1.807) is 0 Å². The van der Waals surface area contributed by atoms with Crippen LogP contribution in [0.15, 0.2) is 0 Å². The van der Waals surface area contributed by atoms with E-state index >= 15 is 0 Å². The van der Waals surface area contributed by atoms with Gasteiger partial charge in [-0.05, 0) is 38.7 Å². The Morgan fingerprint density at radius 2 is 1.83 bits per heavy atom. The molecule has 0 spiro atoms. The molecule has 0 atom stereocenters. The Labute approximate surface area is 109 Å². The molecule has 0 aliphatic rings. The van der Waals surface area contributed by atoms with Crippen LogP contribution in [0.3, 0.4) is 0 Å². The highest BCUT2D eigenvalue weighted by Gasteiger charge is 2.22. The molecular formula is C14H21N3O. The van der Waals surface area contributed by atoms with E-state index in [4.69, 9.17) is 4.74 Å². The molecule has 0 aliphatic carbocycles. The minimum Gasteiger partial charge on any atom is -0.470 e. The van der Waals surface area contributed by atoms with E-state index < -0.39 is 0 Å². The van der Waals surface area contributed by atoms with Crippen LogP contribution in [0.2, 0.25) is 0 Å². The van der Waals surface area contributed by atoms with E-state index in [1.807, 2.05) is 34.6 Å². The minimum atomic E-state index is -0.334. The third kappa shape index (κ3) is 2.98. The highest BCUT2D eigenvalue weighted by Crippen LogP contribution is 2.26. The van der Waals surface area contributed by atoms with Gasteiger partial charge in [-0.25, -0.2) is 0 Å². The lowest BCUT2D eigenvalue weighted by molar-refractivity contribution is 0.0969. The highest BCUT2D eigenvalue weighted by molar-refractivity contribution is 5.46. The molecule has 1 aromatic rings. The number of ether oxygens (including phenoxy) is 1. The quantitative estimate of drug-likeness (QED) is 0.802. The summed E-state index contributed by atoms with van der Waals surface area (Å²) in [6.07, 6.45) is 2.39. The van der Waals surface area contributed by atoms with Crippen molar-refractivity contribution >= 4 is 0 Å². The number of nitrogens with zero attached hydrogens (tertiary/aromatic N) is 3. The molecule has 0 radical (unpaired) electrons. The van der Waals surface area contributed by atoms with Crippen molar-refractivity contribution < 1.29 is 4.74 Å². The summed E-state index contributed by atoms with van der Waals surface area (Å²) in [5.41, 5.74) is 2.04. The molecule has 0 amide bonds. The molecule has 98 valence electrons. The number of rotatable bonds is 5. The lowest BCUT2D eigenvalue weighted by Gasteiger charge is -2.24. The average molecular weight is 247 g/mol. The van der Waals surface area contributed by atoms with Crippen LogP contribution < -0.4 is 4.74 Å². The summed E-state index contributed by atoms with van der Waals surface area (Å²) >= 11 is 0. The molecule has 1 aromatic heterocycles. The molecule has 0 fully saturated rings. The maximum Gasteiger partial charge on any atom is 0.252 e. The highest BCUT2D eigenvalue weighted by atomic mass is 16.5. The van der Waals surface area contributed by atoms with Gasteiger partial charge in [0, 0.05) is 0 Å². The second kappa shape index (κ2) is 5.81. The van der Waals surface area contributed by atoms with Gasteiger partial charge in [0.05, 0.1) is 5.69 Å². The summed E-state index contributed by atoms with van der Waals surface area (Å²) in [4.78, 5) is 0. The summed E-state index contributed by atoms with van der Waals surface area (Å²) < 4.78 is 5.82. The second-order valence-corrected chi connectivity index (χ2v) is 4.84. The van der Waals surface area contributed by atoms with Crippen LogP contribution in [0.1, 0.15) is 57.9 Å². The van der Waals surface area contributed by atoms with Crippen molar-refractivity contribution in [1.82, 2.24) is 10.2 Å². The number of aromatic nitrogens is 2. The van der Waals surface area contributed by atoms with Gasteiger partial charge in [-0.1, -0.05) is 20.8 Å². The van der Waals surface area contributed by atoms with Crippen LogP contribution in [0.25, 0.3) is 0 Å². The monoisotopic (exact) mass is 247 g/mol. The Morgan fingerprint density at radius 3 is 2.28 bits per heavy atom. The van der Waals surface area contributed by atoms with E-state index in [0.717, 1.165) is 30.5 Å². The first-order valence-electron chi connectivity index (χ1n) is 6.46. The number of hydrogen-bond acceptors (Lipinski definition) is 4. The van der Waals surface area contributed by atoms with Crippen LogP contribution in [0.5, 0.6) is 5.88 Å². The summed E-state index contributed by atoms with van der Waals surface area (Å²) in [7, 11) is 0. The van der Waals surface area contributed by atoms with Crippen LogP contribution >= 0.6 is 0 Å². The van der Waals surface area contributed by atoms with Crippen molar-refractivity contribution in [3.63, 3.8) is 0 Å². The molecule has 1 heterocycles. The van der Waals surface area contributed by atoms with Crippen molar-refractivity contribution in [2.24, 2.45) is 0 Å². The number of hydrogen-bond donors (Lipinski definition) is 0. The maximum absolute atomic E-state index is 9.32. The number of nitriles is 1. The first-order chi connectivity index (χ1) is 8.49. The molecule has 0 N–H and O–H groups in total. The zero-order valence-corrected chi connectivity index (χ0v) is 11.9. The Balaban J connectivity index is 3.26. The molecule has 0 unspecified atom stereocenters. The molecule has 0 bridgehead atoms. The minimum absolute atomic E-state index is 0.334. The third-order valence-corrected chi connectivity index (χ3v) is 3.15. The van der Waals surface area contributed by atoms with Gasteiger partial charge in [-0.15, -0.1) is 5.10 Å². The fourth-order valence-electron chi connectivity index (χ4n) is 1.68. The molecule has 1 rings (SSSR count). The predicted molar refractivity (Wildman–Crippen MR) is 70.5 cm³/mol. The van der Waals surface area contributed by atoms with Gasteiger partial charge in [-0.3, -0.25) is 0 Å². The Morgan fingerprint density at radius 1 is 1.17 bits per heavy atom. The first-order valence-corrected chi connectivity index (χ1v) is 6.46. The van der Waals surface area contributed by atoms with Crippen LogP contribution in [-0.4, -0.2) is 15.8 Å². The Hall–Kier alpha value is -1.63. The maximum atomic E-state index is 9.32. The SMILES string of the molecule is CCc1nnc(OC(C)(C)CC)c(C#N)c1CC. The number of aryl methyl sites for hydroxylation is 1. The van der Waals surface area contributed by atoms with Gasteiger partial charge in [0.25, 0.3) is 5.88 Å². The van der Waals surface area contributed by atoms with E-state index in [-0.39, 0.29) is 5.60 Å². The Kier molecular flexibility index (Phi) is 4.66. The normalized spacial score (nSPS) is 11.1. The average Bonchev–Trinajstić information content (AvgIpc) is 2.37. The smallest absolute Gasteiger partial charge is 0.252 e. The topological polar surface area (TPSA) is 58.8 Å². The Bertz CT molecular complexity index is 461. The van der Waals surface area contributed by atoms with E-state index in [2.05, 4.69) is 16.3 Å². The van der Waals surface area contributed by atoms with Crippen molar-refractivity contribution in [2.45, 2.75) is 59.5 Å². The molecule has 18 heavy (non-hydrogen) atoms. The molecular weight excluding hydrogens is 226 g/mol. The van der Waals surface area contributed by atoms with Crippen LogP contribution in [0, 0.1) is 11.3 Å². The molecule has 4 heteroatoms. The summed E-state index contributed by atoms with van der Waals surface area (Å²) in [5, 5.41) is 17.6. The standard InChI is InChI=1S/C14H21N3O/c1-6-10-11(9-15)13(17-16-12(10)7-2)18-14(4,5)8-3/h6-8H2,1-5H3. The zero-order chi connectivity index (χ0) is 13.8. The molecule has 0 aliphatic heterocycles. The molecule has 0 saturated heterocycles. The van der Waals surface area contributed by atoms with Gasteiger partial charge in [0.1, 0.15) is 17.2 Å². The first kappa shape index (κ1) is 14.4. The van der Waals surface area contributed by atoms with Crippen molar-refractivity contribution in [2.75, 3.05) is 0 Å². The second-order valence-electron chi connectivity index (χ2n) is 4.84. The van der Waals surface area contributed by atoms with E-state index in [9.17, 15) is 5.26 Å². The third-order valence-electron chi connectivity index (χ3n) is 3.15. The van der Waals surface area contributed by atoms with E-state index in [0.29, 0.717) is 11.4 Å². The molecule has 0 aromatic carbocycles. The van der Waals surface area contributed by atoms with Gasteiger partial charge in [-0.2, -0.15) is 10.4 Å². The van der Waals surface area contributed by atoms with Crippen LogP contribution in [0.4, 0.5) is 0 Å². The van der Waals surface area contributed by atoms with Gasteiger partial charge in [0.15, 0.2) is 0 Å². The fraction of sp³-hybridized carbons (Fsp3) is 0.643. The van der Waals surface area contributed by atoms with Gasteiger partial charge < -0.3 is 4.74 Å². The predicted octanol–water partition coefficient (Wildman–Crippen LogP) is 3.04. The fourth-order valence-corrected chi connectivity index (χ4v) is 1.68.